The molecule has 0 aromatic rings. The minimum atomic E-state index is 0. The number of hydrogen-bond donors (Lipinski definition) is 0. The molecule has 0 N–H and O–H groups in total. The molecule has 0 nitrogen and oxygen atoms in total. The van der Waals surface area contributed by atoms with Crippen molar-refractivity contribution in [3.63, 3.8) is 0 Å². The average molecular weight is 210 g/mol. The van der Waals surface area contributed by atoms with Gasteiger partial charge in [-0.15, -0.1) is 54.2 Å². The molecule has 0 saturated heterocycles. The predicted molar refractivity (Wildman–Crippen MR) is 34.6 cm³/mol. The third kappa shape index (κ3) is 34.7. The van der Waals surface area contributed by atoms with Crippen molar-refractivity contribution in [2.24, 2.45) is 0 Å². The Balaban J connectivity index is 0. The summed E-state index contributed by atoms with van der Waals surface area (Å²) < 4.78 is 0. The van der Waals surface area contributed by atoms with Crippen LogP contribution in [0, 0.1) is 0 Å². The molecule has 0 saturated carbocycles. The van der Waals surface area contributed by atoms with Crippen molar-refractivity contribution in [2.75, 3.05) is 0 Å². The zero-order valence-electron chi connectivity index (χ0n) is 2.04. The first-order valence-electron chi connectivity index (χ1n) is 0. The zero-order chi connectivity index (χ0) is 0. The topological polar surface area (TPSA) is 0 Å². The maximum Gasteiger partial charge on any atom is -0.114 e. The van der Waals surface area contributed by atoms with Crippen LogP contribution < -0.4 is 0 Å². The van der Waals surface area contributed by atoms with Gasteiger partial charge in [0.2, 0.25) is 0 Å². The Morgan fingerprint density at radius 2 is 0.600 bits per heavy atom. The van der Waals surface area contributed by atoms with Gasteiger partial charge < -0.3 is 0 Å². The van der Waals surface area contributed by atoms with Crippen LogP contribution in [0.25, 0.3) is 0 Å². The van der Waals surface area contributed by atoms with E-state index in [1.165, 1.54) is 0 Å². The van der Waals surface area contributed by atoms with E-state index < -0.39 is 0 Å². The van der Waals surface area contributed by atoms with Crippen LogP contribution in [0.4, 0.5) is 4.70 Å². The Morgan fingerprint density at radius 1 is 0.600 bits per heavy atom. The van der Waals surface area contributed by atoms with Crippen LogP contribution in [0.3, 0.4) is 0 Å². The highest BCUT2D eigenvalue weighted by atomic mass is 79.9. The molecule has 5 heavy (non-hydrogen) atoms. The van der Waals surface area contributed by atoms with Crippen LogP contribution in [0.2, 0.25) is 0 Å². The smallest absolute Gasteiger partial charge is 0.114 e. The summed E-state index contributed by atoms with van der Waals surface area (Å²) in [5.41, 5.74) is 0. The Hall–Kier alpha value is 1.28. The lowest BCUT2D eigenvalue weighted by Crippen LogP contribution is 0.420. The Bertz CT molecular complexity index is 6.85. The van der Waals surface area contributed by atoms with Gasteiger partial charge in [-0.3, -0.25) is 4.70 Å². The van der Waals surface area contributed by atoms with Crippen molar-refractivity contribution in [2.45, 2.75) is 0 Å². The van der Waals surface area contributed by atoms with Gasteiger partial charge in [-0.05, 0) is 0 Å². The second kappa shape index (κ2) is 59.0. The third-order valence-corrected chi connectivity index (χ3v) is 0. The summed E-state index contributed by atoms with van der Waals surface area (Å²) in [6, 6.07) is 0. The summed E-state index contributed by atoms with van der Waals surface area (Å²) in [6.45, 7) is 0. The molecular weight excluding hydrogens is 205 g/mol. The molecule has 0 aliphatic rings. The monoisotopic (exact) mass is 208 g/mol. The third-order valence-electron chi connectivity index (χ3n) is 0. The van der Waals surface area contributed by atoms with E-state index in [1.54, 1.807) is 0 Å². The van der Waals surface area contributed by atoms with Crippen LogP contribution >= 0.6 is 54.2 Å². The fraction of sp³-hybridized carbons (Fsp3) is 0. The van der Waals surface area contributed by atoms with Crippen molar-refractivity contribution in [1.82, 2.24) is 0 Å². The van der Waals surface area contributed by atoms with Crippen LogP contribution in [0.15, 0.2) is 0 Å². The van der Waals surface area contributed by atoms with Crippen LogP contribution in [-0.4, -0.2) is 0 Å². The number of halogens is 5. The van der Waals surface area contributed by atoms with Gasteiger partial charge in [0.15, 0.2) is 0 Å². The fourth-order valence-electron chi connectivity index (χ4n) is 0. The quantitative estimate of drug-likeness (QED) is 0.573. The molecule has 0 atom stereocenters. The fourth-order valence-corrected chi connectivity index (χ4v) is 0. The first kappa shape index (κ1) is 107. The van der Waals surface area contributed by atoms with E-state index >= 15 is 0 Å². The van der Waals surface area contributed by atoms with Gasteiger partial charge in [0.05, 0.1) is 0 Å². The number of hydrogen-bond acceptors (Lipinski definition) is 0. The second-order valence-corrected chi connectivity index (χ2v) is 0. The highest BCUT2D eigenvalue weighted by Gasteiger charge is -0.113. The van der Waals surface area contributed by atoms with Crippen LogP contribution in [-0.2, 0) is 0 Å². The van der Waals surface area contributed by atoms with Gasteiger partial charge in [0, 0.05) is 0 Å². The van der Waals surface area contributed by atoms with E-state index in [-0.39, 0.29) is 58.9 Å². The summed E-state index contributed by atoms with van der Waals surface area (Å²) in [7, 11) is 0. The van der Waals surface area contributed by atoms with Gasteiger partial charge in [-0.25, -0.2) is 0 Å². The van der Waals surface area contributed by atoms with Crippen LogP contribution in [0.1, 0.15) is 0 Å². The molecule has 40 valence electrons. The molecule has 0 bridgehead atoms. The lowest BCUT2D eigenvalue weighted by atomic mass is 19.0. The normalized spacial score (nSPS) is 0. The number of rotatable bonds is 0. The summed E-state index contributed by atoms with van der Waals surface area (Å²) in [5.74, 6) is 0. The molecule has 0 aromatic carbocycles. The second-order valence-electron chi connectivity index (χ2n) is 0. The zero-order valence-corrected chi connectivity index (χ0v) is 6.20. The van der Waals surface area contributed by atoms with Crippen molar-refractivity contribution in [1.29, 1.82) is 0 Å². The Labute approximate surface area is 59.1 Å². The van der Waals surface area contributed by atoms with Gasteiger partial charge in [-0.2, -0.15) is 0 Å². The minimum Gasteiger partial charge on any atom is -0.269 e. The molecule has 0 aliphatic heterocycles. The first-order chi connectivity index (χ1) is 0. The molecule has 0 heterocycles. The lowest BCUT2D eigenvalue weighted by molar-refractivity contribution is 1.11. The molecule has 0 unspecified atom stereocenters. The van der Waals surface area contributed by atoms with E-state index in [1.807, 2.05) is 0 Å². The molecule has 0 radical (unpaired) electrons. The summed E-state index contributed by atoms with van der Waals surface area (Å²) in [4.78, 5) is 0. The van der Waals surface area contributed by atoms with E-state index in [9.17, 15) is 0 Å². The van der Waals surface area contributed by atoms with Gasteiger partial charge in [0.1, 0.15) is 0 Å². The first-order valence-corrected chi connectivity index (χ1v) is 0. The average Bonchev–Trinajstić information content (AvgIpc) is 0. The van der Waals surface area contributed by atoms with E-state index in [2.05, 4.69) is 0 Å². The van der Waals surface area contributed by atoms with Crippen LogP contribution in [0.5, 0.6) is 0 Å². The SMILES string of the molecule is Br.Cl.Cl.Cl.F. The van der Waals surface area contributed by atoms with E-state index in [4.69, 9.17) is 0 Å². The van der Waals surface area contributed by atoms with Crippen molar-refractivity contribution in [3.05, 3.63) is 0 Å². The molecule has 5 heteroatoms. The van der Waals surface area contributed by atoms with Crippen molar-refractivity contribution in [3.8, 4) is 0 Å². The van der Waals surface area contributed by atoms with E-state index in [0.717, 1.165) is 0 Å². The lowest BCUT2D eigenvalue weighted by Gasteiger charge is -0.269. The summed E-state index contributed by atoms with van der Waals surface area (Å²) in [6.07, 6.45) is 0. The molecule has 0 aromatic heterocycles. The largest absolute Gasteiger partial charge is 0.269 e. The molecular formula is H5BrCl3F. The highest BCUT2D eigenvalue weighted by molar-refractivity contribution is 8.93. The van der Waals surface area contributed by atoms with Gasteiger partial charge in [-0.1, -0.05) is 0 Å². The predicted octanol–water partition coefficient (Wildman–Crippen LogP) is 2.00. The summed E-state index contributed by atoms with van der Waals surface area (Å²) >= 11 is 0. The molecule has 0 fully saturated rings. The van der Waals surface area contributed by atoms with Crippen molar-refractivity contribution < 1.29 is 4.70 Å². The maximum atomic E-state index is 0. The molecule has 0 aliphatic carbocycles. The highest BCUT2D eigenvalue weighted by Crippen LogP contribution is 0.846. The van der Waals surface area contributed by atoms with E-state index in [0.29, 0.717) is 0 Å². The molecule has 0 amide bonds. The standard InChI is InChI=1S/BrH.3ClH.FH/h5*1H. The Morgan fingerprint density at radius 3 is 0.600 bits per heavy atom. The van der Waals surface area contributed by atoms with Gasteiger partial charge in [0.25, 0.3) is 0 Å². The van der Waals surface area contributed by atoms with Crippen molar-refractivity contribution >= 4 is 54.2 Å². The summed E-state index contributed by atoms with van der Waals surface area (Å²) in [5, 5.41) is 0. The van der Waals surface area contributed by atoms with Gasteiger partial charge >= 0.3 is 0 Å². The Kier molecular flexibility index (Phi) is 1260. The molecule has 0 spiro atoms. The minimum absolute atomic E-state index is 0. The molecule has 0 rings (SSSR count). The maximum absolute atomic E-state index is 0.